The van der Waals surface area contributed by atoms with E-state index in [4.69, 9.17) is 18.5 Å². The number of quaternary nitrogens is 1. The van der Waals surface area contributed by atoms with Crippen molar-refractivity contribution in [3.05, 3.63) is 12.2 Å². The number of ether oxygens (including phenoxy) is 2. The number of rotatable bonds is 41. The van der Waals surface area contributed by atoms with Gasteiger partial charge in [-0.25, -0.2) is 0 Å². The van der Waals surface area contributed by atoms with Crippen LogP contribution in [0.15, 0.2) is 12.2 Å². The molecule has 0 radical (unpaired) electrons. The van der Waals surface area contributed by atoms with Gasteiger partial charge in [0.25, 0.3) is 7.82 Å². The van der Waals surface area contributed by atoms with Gasteiger partial charge < -0.3 is 27.9 Å². The predicted octanol–water partition coefficient (Wildman–Crippen LogP) is 12.1. The van der Waals surface area contributed by atoms with Crippen LogP contribution in [0, 0.1) is 0 Å². The number of nitrogens with zero attached hydrogens (tertiary/aromatic N) is 1. The summed E-state index contributed by atoms with van der Waals surface area (Å²) < 4.78 is 35.3. The summed E-state index contributed by atoms with van der Waals surface area (Å²) in [7, 11) is 1.60. The molecule has 0 saturated heterocycles. The normalized spacial score (nSPS) is 14.1. The molecule has 0 bridgehead atoms. The molecule has 0 aliphatic rings. The van der Waals surface area contributed by atoms with Gasteiger partial charge in [-0.1, -0.05) is 167 Å². The molecule has 0 N–H and O–H groups in total. The monoisotopic (exact) mass is 732 g/mol. The number of phosphoric acid groups is 1. The van der Waals surface area contributed by atoms with Gasteiger partial charge in [0.1, 0.15) is 19.3 Å². The summed E-state index contributed by atoms with van der Waals surface area (Å²) in [6, 6.07) is 0. The maximum atomic E-state index is 12.4. The van der Waals surface area contributed by atoms with E-state index in [0.717, 1.165) is 25.7 Å². The number of likely N-dealkylation sites (N-methyl/N-ethyl adjacent to an activating group) is 1. The Labute approximate surface area is 312 Å². The molecule has 0 spiro atoms. The summed E-state index contributed by atoms with van der Waals surface area (Å²) in [4.78, 5) is 12.4. The van der Waals surface area contributed by atoms with Gasteiger partial charge in [0.05, 0.1) is 34.4 Å². The third kappa shape index (κ3) is 40.5. The third-order valence-corrected chi connectivity index (χ3v) is 10.3. The minimum atomic E-state index is -4.39. The van der Waals surface area contributed by atoms with Crippen molar-refractivity contribution in [2.45, 2.75) is 200 Å². The Hall–Kier alpha value is -0.270. The first-order valence-corrected chi connectivity index (χ1v) is 22.9. The molecule has 2 atom stereocenters. The maximum Gasteiger partial charge on any atom is 0.268 e. The summed E-state index contributed by atoms with van der Waals surface area (Å²) in [5.41, 5.74) is 0. The molecule has 0 amide bonds. The second-order valence-corrected chi connectivity index (χ2v) is 17.1. The van der Waals surface area contributed by atoms with E-state index in [2.05, 4.69) is 26.0 Å². The van der Waals surface area contributed by atoms with Crippen LogP contribution in [0.1, 0.15) is 194 Å². The minimum Gasteiger partial charge on any atom is -0.756 e. The average molecular weight is 732 g/mol. The van der Waals surface area contributed by atoms with Crippen molar-refractivity contribution in [3.63, 3.8) is 0 Å². The first-order valence-electron chi connectivity index (χ1n) is 21.4. The molecule has 0 aliphatic heterocycles. The molecular formula is C42H86NO6P. The number of phosphoric ester groups is 1. The zero-order valence-corrected chi connectivity index (χ0v) is 35.0. The van der Waals surface area contributed by atoms with Crippen LogP contribution < -0.4 is 4.89 Å². The van der Waals surface area contributed by atoms with E-state index in [9.17, 15) is 9.46 Å². The van der Waals surface area contributed by atoms with Crippen molar-refractivity contribution in [3.8, 4) is 0 Å². The highest BCUT2D eigenvalue weighted by atomic mass is 31.2. The fourth-order valence-corrected chi connectivity index (χ4v) is 6.72. The van der Waals surface area contributed by atoms with Crippen LogP contribution >= 0.6 is 7.82 Å². The van der Waals surface area contributed by atoms with Crippen LogP contribution in [-0.4, -0.2) is 71.3 Å². The first kappa shape index (κ1) is 49.7. The van der Waals surface area contributed by atoms with Crippen LogP contribution in [0.25, 0.3) is 0 Å². The second-order valence-electron chi connectivity index (χ2n) is 15.7. The Kier molecular flexibility index (Phi) is 36.9. The maximum absolute atomic E-state index is 12.4. The lowest BCUT2D eigenvalue weighted by Crippen LogP contribution is -2.37. The van der Waals surface area contributed by atoms with E-state index in [1.54, 1.807) is 0 Å². The largest absolute Gasteiger partial charge is 0.756 e. The summed E-state index contributed by atoms with van der Waals surface area (Å²) in [5, 5.41) is 0. The van der Waals surface area contributed by atoms with Crippen LogP contribution in [0.4, 0.5) is 0 Å². The van der Waals surface area contributed by atoms with Gasteiger partial charge in [-0.2, -0.15) is 0 Å². The molecule has 2 unspecified atom stereocenters. The van der Waals surface area contributed by atoms with Gasteiger partial charge in [0.15, 0.2) is 0 Å². The number of allylic oxidation sites excluding steroid dienone is 2. The molecule has 8 heteroatoms. The molecule has 0 aromatic carbocycles. The topological polar surface area (TPSA) is 77.1 Å². The molecule has 0 aliphatic carbocycles. The van der Waals surface area contributed by atoms with Crippen molar-refractivity contribution >= 4 is 7.82 Å². The van der Waals surface area contributed by atoms with E-state index < -0.39 is 13.9 Å². The van der Waals surface area contributed by atoms with Crippen LogP contribution in [0.3, 0.4) is 0 Å². The Balaban J connectivity index is 4.09. The molecule has 50 heavy (non-hydrogen) atoms. The lowest BCUT2D eigenvalue weighted by Gasteiger charge is -2.28. The summed E-state index contributed by atoms with van der Waals surface area (Å²) in [6.45, 7) is 6.74. The van der Waals surface area contributed by atoms with E-state index in [1.165, 1.54) is 154 Å². The van der Waals surface area contributed by atoms with Gasteiger partial charge in [0, 0.05) is 13.2 Å². The SMILES string of the molecule is CCCCCCCC/C=C/CCCCCCCCOCC(COP(=O)([O-])OCC[N+](C)(C)C)OCCCCCCCCCCCCCCCC. The van der Waals surface area contributed by atoms with Crippen LogP contribution in [-0.2, 0) is 23.1 Å². The molecule has 0 rings (SSSR count). The quantitative estimate of drug-likeness (QED) is 0.0270. The van der Waals surface area contributed by atoms with Crippen molar-refractivity contribution in [1.29, 1.82) is 0 Å². The van der Waals surface area contributed by atoms with Crippen molar-refractivity contribution in [2.24, 2.45) is 0 Å². The van der Waals surface area contributed by atoms with E-state index in [0.29, 0.717) is 30.8 Å². The minimum absolute atomic E-state index is 0.0723. The Morgan fingerprint density at radius 2 is 0.920 bits per heavy atom. The summed E-state index contributed by atoms with van der Waals surface area (Å²) >= 11 is 0. The fourth-order valence-electron chi connectivity index (χ4n) is 6.00. The average Bonchev–Trinajstić information content (AvgIpc) is 3.07. The molecule has 0 aromatic heterocycles. The Morgan fingerprint density at radius 3 is 1.36 bits per heavy atom. The van der Waals surface area contributed by atoms with Crippen LogP contribution in [0.2, 0.25) is 0 Å². The molecular weight excluding hydrogens is 645 g/mol. The fraction of sp³-hybridized carbons (Fsp3) is 0.952. The molecule has 7 nitrogen and oxygen atoms in total. The van der Waals surface area contributed by atoms with Gasteiger partial charge >= 0.3 is 0 Å². The van der Waals surface area contributed by atoms with E-state index in [1.807, 2.05) is 21.1 Å². The van der Waals surface area contributed by atoms with Crippen molar-refractivity contribution in [2.75, 3.05) is 60.7 Å². The molecule has 0 fully saturated rings. The number of unbranched alkanes of at least 4 members (excludes halogenated alkanes) is 25. The number of hydrogen-bond donors (Lipinski definition) is 0. The Morgan fingerprint density at radius 1 is 0.520 bits per heavy atom. The summed E-state index contributed by atoms with van der Waals surface area (Å²) in [6.07, 6.45) is 40.7. The van der Waals surface area contributed by atoms with Gasteiger partial charge in [-0.05, 0) is 38.5 Å². The smallest absolute Gasteiger partial charge is 0.268 e. The molecule has 0 heterocycles. The standard InChI is InChI=1S/C42H86NO6P/c1-6-8-10-12-14-16-18-20-22-23-24-26-28-30-32-34-37-46-40-42(41-49-50(44,45)48-39-36-43(3,4)5)47-38-35-33-31-29-27-25-21-19-17-15-13-11-9-7-2/h20,22,42H,6-19,21,23-41H2,1-5H3/b22-20+. The number of hydrogen-bond acceptors (Lipinski definition) is 6. The lowest BCUT2D eigenvalue weighted by molar-refractivity contribution is -0.870. The zero-order valence-electron chi connectivity index (χ0n) is 34.1. The van der Waals surface area contributed by atoms with E-state index in [-0.39, 0.29) is 13.2 Å². The van der Waals surface area contributed by atoms with Gasteiger partial charge in [0.2, 0.25) is 0 Å². The Bertz CT molecular complexity index is 759. The molecule has 300 valence electrons. The lowest BCUT2D eigenvalue weighted by atomic mass is 10.0. The van der Waals surface area contributed by atoms with Crippen LogP contribution in [0.5, 0.6) is 0 Å². The van der Waals surface area contributed by atoms with Crippen molar-refractivity contribution in [1.82, 2.24) is 0 Å². The van der Waals surface area contributed by atoms with Gasteiger partial charge in [-0.15, -0.1) is 0 Å². The predicted molar refractivity (Wildman–Crippen MR) is 213 cm³/mol. The highest BCUT2D eigenvalue weighted by molar-refractivity contribution is 7.45. The highest BCUT2D eigenvalue weighted by Crippen LogP contribution is 2.38. The molecule has 0 aromatic rings. The van der Waals surface area contributed by atoms with E-state index >= 15 is 0 Å². The third-order valence-electron chi connectivity index (χ3n) is 9.39. The van der Waals surface area contributed by atoms with Crippen molar-refractivity contribution < 1.29 is 32.5 Å². The van der Waals surface area contributed by atoms with Gasteiger partial charge in [-0.3, -0.25) is 4.57 Å². The summed E-state index contributed by atoms with van der Waals surface area (Å²) in [5.74, 6) is 0. The zero-order chi connectivity index (χ0) is 36.9. The second kappa shape index (κ2) is 37.1. The highest BCUT2D eigenvalue weighted by Gasteiger charge is 2.18. The first-order chi connectivity index (χ1) is 24.2. The molecule has 0 saturated carbocycles.